The number of nitriles is 1. The number of likely N-dealkylation sites (tertiary alicyclic amines) is 1. The molecule has 1 fully saturated rings. The van der Waals surface area contributed by atoms with Gasteiger partial charge in [0.05, 0.1) is 17.2 Å². The molecule has 3 aromatic carbocycles. The number of hydrogen-bond donors (Lipinski definition) is 1. The van der Waals surface area contributed by atoms with Crippen LogP contribution in [0.3, 0.4) is 0 Å². The Bertz CT molecular complexity index is 1250. The van der Waals surface area contributed by atoms with E-state index in [4.69, 9.17) is 16.3 Å². The average molecular weight is 471 g/mol. The second kappa shape index (κ2) is 9.64. The number of rotatable bonds is 4. The van der Waals surface area contributed by atoms with Crippen molar-refractivity contribution in [2.45, 2.75) is 31.5 Å². The molecule has 0 aromatic heterocycles. The molecule has 1 N–H and O–H groups in total. The highest BCUT2D eigenvalue weighted by Gasteiger charge is 2.33. The minimum Gasteiger partial charge on any atom is -0.488 e. The van der Waals surface area contributed by atoms with Crippen LogP contribution in [0.4, 0.5) is 0 Å². The summed E-state index contributed by atoms with van der Waals surface area (Å²) in [7, 11) is 0. The van der Waals surface area contributed by atoms with Crippen molar-refractivity contribution in [2.75, 3.05) is 19.6 Å². The predicted molar refractivity (Wildman–Crippen MR) is 135 cm³/mol. The number of ether oxygens (including phenoxy) is 1. The fraction of sp³-hybridized carbons (Fsp3) is 0.276. The molecule has 172 valence electrons. The number of halogens is 1. The molecule has 4 nitrogen and oxygen atoms in total. The van der Waals surface area contributed by atoms with Crippen molar-refractivity contribution in [3.8, 4) is 11.8 Å². The summed E-state index contributed by atoms with van der Waals surface area (Å²) in [6.07, 6.45) is 4.55. The van der Waals surface area contributed by atoms with Crippen LogP contribution in [0.5, 0.6) is 5.75 Å². The number of fused-ring (bicyclic) bond motifs is 2. The van der Waals surface area contributed by atoms with E-state index in [1.807, 2.05) is 54.6 Å². The molecule has 0 amide bonds. The quantitative estimate of drug-likeness (QED) is 0.515. The number of nitrogens with zero attached hydrogens (tertiary/aromatic N) is 2. The Kier molecular flexibility index (Phi) is 6.43. The summed E-state index contributed by atoms with van der Waals surface area (Å²) >= 11 is 6.01. The van der Waals surface area contributed by atoms with Crippen molar-refractivity contribution >= 4 is 17.2 Å². The highest BCUT2D eigenvalue weighted by molar-refractivity contribution is 6.30. The van der Waals surface area contributed by atoms with Crippen LogP contribution in [0.1, 0.15) is 47.1 Å². The molecule has 0 aliphatic carbocycles. The summed E-state index contributed by atoms with van der Waals surface area (Å²) < 4.78 is 6.08. The van der Waals surface area contributed by atoms with Crippen LogP contribution in [-0.2, 0) is 12.2 Å². The van der Waals surface area contributed by atoms with Gasteiger partial charge in [-0.25, -0.2) is 0 Å². The summed E-state index contributed by atoms with van der Waals surface area (Å²) in [4.78, 5) is 2.41. The molecule has 2 aliphatic rings. The van der Waals surface area contributed by atoms with Gasteiger partial charge in [0.15, 0.2) is 0 Å². The summed E-state index contributed by atoms with van der Waals surface area (Å²) in [5.74, 6) is 0.812. The zero-order chi connectivity index (χ0) is 23.5. The van der Waals surface area contributed by atoms with Gasteiger partial charge in [-0.15, -0.1) is 0 Å². The Morgan fingerprint density at radius 3 is 2.56 bits per heavy atom. The van der Waals surface area contributed by atoms with Crippen molar-refractivity contribution in [3.05, 3.63) is 106 Å². The largest absolute Gasteiger partial charge is 0.488 e. The van der Waals surface area contributed by atoms with Crippen LogP contribution < -0.4 is 4.74 Å². The Labute approximate surface area is 205 Å². The average Bonchev–Trinajstić information content (AvgIpc) is 3.02. The molecule has 3 aromatic rings. The van der Waals surface area contributed by atoms with Crippen molar-refractivity contribution in [2.24, 2.45) is 0 Å². The molecule has 0 radical (unpaired) electrons. The van der Waals surface area contributed by atoms with Gasteiger partial charge in [0.2, 0.25) is 0 Å². The fourth-order valence-corrected chi connectivity index (χ4v) is 5.08. The first-order chi connectivity index (χ1) is 16.6. The zero-order valence-electron chi connectivity index (χ0n) is 19.0. The lowest BCUT2D eigenvalue weighted by Crippen LogP contribution is -2.42. The van der Waals surface area contributed by atoms with E-state index in [9.17, 15) is 10.4 Å². The van der Waals surface area contributed by atoms with E-state index in [-0.39, 0.29) is 0 Å². The predicted octanol–water partition coefficient (Wildman–Crippen LogP) is 5.91. The van der Waals surface area contributed by atoms with E-state index in [0.717, 1.165) is 59.6 Å². The summed E-state index contributed by atoms with van der Waals surface area (Å²) in [5.41, 5.74) is 5.18. The van der Waals surface area contributed by atoms with Crippen LogP contribution in [0.15, 0.2) is 72.8 Å². The number of aliphatic hydroxyl groups is 1. The first-order valence-corrected chi connectivity index (χ1v) is 12.1. The molecule has 0 atom stereocenters. The molecular weight excluding hydrogens is 444 g/mol. The molecule has 0 bridgehead atoms. The summed E-state index contributed by atoms with van der Waals surface area (Å²) in [5, 5.41) is 21.3. The maximum Gasteiger partial charge on any atom is 0.127 e. The third-order valence-electron chi connectivity index (χ3n) is 6.95. The van der Waals surface area contributed by atoms with Gasteiger partial charge in [-0.2, -0.15) is 5.26 Å². The molecule has 34 heavy (non-hydrogen) atoms. The minimum atomic E-state index is -0.788. The van der Waals surface area contributed by atoms with Gasteiger partial charge in [0.1, 0.15) is 12.4 Å². The topological polar surface area (TPSA) is 56.5 Å². The lowest BCUT2D eigenvalue weighted by atomic mass is 9.84. The first-order valence-electron chi connectivity index (χ1n) is 11.7. The van der Waals surface area contributed by atoms with Gasteiger partial charge in [0, 0.05) is 30.2 Å². The zero-order valence-corrected chi connectivity index (χ0v) is 19.8. The van der Waals surface area contributed by atoms with Crippen LogP contribution in [0, 0.1) is 11.3 Å². The van der Waals surface area contributed by atoms with E-state index >= 15 is 0 Å². The van der Waals surface area contributed by atoms with Gasteiger partial charge < -0.3 is 14.7 Å². The Morgan fingerprint density at radius 1 is 1.03 bits per heavy atom. The van der Waals surface area contributed by atoms with Crippen molar-refractivity contribution in [3.63, 3.8) is 0 Å². The van der Waals surface area contributed by atoms with Crippen molar-refractivity contribution in [1.29, 1.82) is 5.26 Å². The molecular formula is C29H27ClN2O2. The second-order valence-corrected chi connectivity index (χ2v) is 9.49. The fourth-order valence-electron chi connectivity index (χ4n) is 4.95. The van der Waals surface area contributed by atoms with Crippen LogP contribution in [-0.4, -0.2) is 29.6 Å². The van der Waals surface area contributed by atoms with Gasteiger partial charge >= 0.3 is 0 Å². The van der Waals surface area contributed by atoms with Gasteiger partial charge in [-0.1, -0.05) is 54.1 Å². The maximum absolute atomic E-state index is 11.2. The molecule has 5 heteroatoms. The molecule has 5 rings (SSSR count). The van der Waals surface area contributed by atoms with Gasteiger partial charge in [-0.05, 0) is 71.9 Å². The third kappa shape index (κ3) is 4.60. The second-order valence-electron chi connectivity index (χ2n) is 9.06. The van der Waals surface area contributed by atoms with Crippen LogP contribution in [0.25, 0.3) is 5.57 Å². The smallest absolute Gasteiger partial charge is 0.127 e. The normalized spacial score (nSPS) is 18.3. The lowest BCUT2D eigenvalue weighted by Gasteiger charge is -2.38. The maximum atomic E-state index is 11.2. The molecule has 1 saturated heterocycles. The van der Waals surface area contributed by atoms with Gasteiger partial charge in [-0.3, -0.25) is 0 Å². The molecule has 0 unspecified atom stereocenters. The Balaban J connectivity index is 1.32. The summed E-state index contributed by atoms with van der Waals surface area (Å²) in [6.45, 7) is 3.12. The minimum absolute atomic E-state index is 0.516. The lowest BCUT2D eigenvalue weighted by molar-refractivity contribution is -0.0254. The Morgan fingerprint density at radius 2 is 1.79 bits per heavy atom. The third-order valence-corrected chi connectivity index (χ3v) is 7.20. The van der Waals surface area contributed by atoms with Crippen LogP contribution >= 0.6 is 11.6 Å². The number of hydrogen-bond acceptors (Lipinski definition) is 4. The standard InChI is InChI=1S/C29H27ClN2O2/c30-24-10-8-23(9-11-24)29(33)13-16-32(17-14-29)15-3-6-26-25-5-2-1-4-22(25)20-34-28-12-7-21(19-31)18-27(26)28/h1-2,4-12,18,33H,3,13-17,20H2. The number of benzene rings is 3. The molecule has 0 saturated carbocycles. The Hall–Kier alpha value is -3.10. The SMILES string of the molecule is N#Cc1ccc2c(c1)C(=CCCN1CCC(O)(c3ccc(Cl)cc3)CC1)c1ccccc1CO2. The highest BCUT2D eigenvalue weighted by atomic mass is 35.5. The first kappa shape index (κ1) is 22.7. The van der Waals surface area contributed by atoms with Crippen molar-refractivity contribution in [1.82, 2.24) is 4.90 Å². The van der Waals surface area contributed by atoms with Gasteiger partial charge in [0.25, 0.3) is 0 Å². The molecule has 0 spiro atoms. The van der Waals surface area contributed by atoms with E-state index < -0.39 is 5.60 Å². The highest BCUT2D eigenvalue weighted by Crippen LogP contribution is 2.38. The monoisotopic (exact) mass is 470 g/mol. The number of piperidine rings is 1. The molecule has 2 aliphatic heterocycles. The van der Waals surface area contributed by atoms with Crippen molar-refractivity contribution < 1.29 is 9.84 Å². The molecule has 2 heterocycles. The van der Waals surface area contributed by atoms with E-state index in [1.165, 1.54) is 0 Å². The van der Waals surface area contributed by atoms with E-state index in [0.29, 0.717) is 30.0 Å². The van der Waals surface area contributed by atoms with Crippen LogP contribution in [0.2, 0.25) is 5.02 Å². The summed E-state index contributed by atoms with van der Waals surface area (Å²) in [6, 6.07) is 23.8. The van der Waals surface area contributed by atoms with E-state index in [2.05, 4.69) is 29.2 Å². The van der Waals surface area contributed by atoms with E-state index in [1.54, 1.807) is 0 Å².